The minimum Gasteiger partial charge on any atom is -0.467 e. The lowest BCUT2D eigenvalue weighted by molar-refractivity contribution is -0.142. The molecule has 0 spiro atoms. The molecule has 0 saturated heterocycles. The summed E-state index contributed by atoms with van der Waals surface area (Å²) in [6.07, 6.45) is -0.0361. The summed E-state index contributed by atoms with van der Waals surface area (Å²) in [4.78, 5) is 49.7. The lowest BCUT2D eigenvalue weighted by atomic mass is 9.97. The van der Waals surface area contributed by atoms with Crippen LogP contribution in [-0.2, 0) is 25.5 Å². The van der Waals surface area contributed by atoms with E-state index in [1.54, 1.807) is 6.92 Å². The van der Waals surface area contributed by atoms with E-state index in [1.165, 1.54) is 7.11 Å². The Balaban J connectivity index is 2.73. The largest absolute Gasteiger partial charge is 0.467 e. The fraction of sp³-hybridized carbons (Fsp3) is 0.630. The number of nitrogens with one attached hydrogen (secondary N) is 4. The van der Waals surface area contributed by atoms with Gasteiger partial charge in [-0.15, -0.1) is 0 Å². The molecule has 0 unspecified atom stereocenters. The average molecular weight is 521 g/mol. The number of carbonyl (C=O) groups excluding carboxylic acids is 4. The molecule has 0 saturated carbocycles. The second-order valence-corrected chi connectivity index (χ2v) is 10.2. The zero-order valence-electron chi connectivity index (χ0n) is 22.9. The third-order valence-corrected chi connectivity index (χ3v) is 5.77. The highest BCUT2D eigenvalue weighted by atomic mass is 16.5. The summed E-state index contributed by atoms with van der Waals surface area (Å²) < 4.78 is 4.83. The van der Waals surface area contributed by atoms with Crippen molar-refractivity contribution in [3.8, 4) is 0 Å². The lowest BCUT2D eigenvalue weighted by Crippen LogP contribution is -2.54. The summed E-state index contributed by atoms with van der Waals surface area (Å²) in [7, 11) is 1.25. The number of hydrogen-bond donors (Lipinski definition) is 5. The maximum Gasteiger partial charge on any atom is 0.328 e. The molecule has 1 aromatic carbocycles. The van der Waals surface area contributed by atoms with E-state index in [1.807, 2.05) is 44.2 Å². The van der Waals surface area contributed by atoms with Crippen molar-refractivity contribution in [3.63, 3.8) is 0 Å². The van der Waals surface area contributed by atoms with Gasteiger partial charge in [-0.2, -0.15) is 0 Å². The second kappa shape index (κ2) is 16.6. The number of aliphatic hydroxyl groups is 1. The van der Waals surface area contributed by atoms with Crippen LogP contribution in [0.25, 0.3) is 0 Å². The van der Waals surface area contributed by atoms with Crippen LogP contribution in [0.4, 0.5) is 4.79 Å². The highest BCUT2D eigenvalue weighted by Crippen LogP contribution is 2.12. The predicted octanol–water partition coefficient (Wildman–Crippen LogP) is 1.90. The van der Waals surface area contributed by atoms with Gasteiger partial charge in [0, 0.05) is 13.0 Å². The molecule has 0 radical (unpaired) electrons. The molecular formula is C27H44N4O6. The monoisotopic (exact) mass is 520 g/mol. The number of benzene rings is 1. The summed E-state index contributed by atoms with van der Waals surface area (Å²) in [5, 5.41) is 21.4. The molecule has 1 aromatic rings. The Bertz CT molecular complexity index is 862. The van der Waals surface area contributed by atoms with Crippen molar-refractivity contribution in [1.82, 2.24) is 21.3 Å². The molecule has 4 atom stereocenters. The molecule has 0 heterocycles. The van der Waals surface area contributed by atoms with Gasteiger partial charge in [-0.05, 0) is 37.2 Å². The Morgan fingerprint density at radius 3 is 2.14 bits per heavy atom. The van der Waals surface area contributed by atoms with Gasteiger partial charge in [0.05, 0.1) is 25.7 Å². The first kappa shape index (κ1) is 31.9. The number of rotatable bonds is 15. The molecular weight excluding hydrogens is 476 g/mol. The highest BCUT2D eigenvalue weighted by Gasteiger charge is 2.28. The van der Waals surface area contributed by atoms with Gasteiger partial charge in [0.1, 0.15) is 12.1 Å². The van der Waals surface area contributed by atoms with Crippen LogP contribution in [0.1, 0.15) is 59.4 Å². The van der Waals surface area contributed by atoms with Crippen molar-refractivity contribution >= 4 is 23.8 Å². The Morgan fingerprint density at radius 2 is 1.57 bits per heavy atom. The maximum absolute atomic E-state index is 12.8. The van der Waals surface area contributed by atoms with Crippen molar-refractivity contribution in [1.29, 1.82) is 0 Å². The maximum atomic E-state index is 12.8. The lowest BCUT2D eigenvalue weighted by Gasteiger charge is -2.27. The summed E-state index contributed by atoms with van der Waals surface area (Å²) >= 11 is 0. The van der Waals surface area contributed by atoms with E-state index in [0.29, 0.717) is 18.9 Å². The van der Waals surface area contributed by atoms with Crippen LogP contribution in [0.15, 0.2) is 30.3 Å². The first-order chi connectivity index (χ1) is 17.4. The van der Waals surface area contributed by atoms with Crippen LogP contribution >= 0.6 is 0 Å². The molecule has 5 N–H and O–H groups in total. The van der Waals surface area contributed by atoms with Crippen molar-refractivity contribution in [2.45, 2.75) is 84.5 Å². The number of amides is 4. The molecule has 208 valence electrons. The van der Waals surface area contributed by atoms with Crippen LogP contribution in [0.3, 0.4) is 0 Å². The SMILES string of the molecule is COC(=O)[C@H](Cc1ccccc1)NC(=O)N[C@@H](CC(C)C)[C@@H](O)CC(=O)N[C@@H](C)C(=O)NCCC(C)C. The van der Waals surface area contributed by atoms with E-state index < -0.39 is 42.1 Å². The van der Waals surface area contributed by atoms with E-state index in [-0.39, 0.29) is 24.7 Å². The molecule has 10 heteroatoms. The Hall–Kier alpha value is -3.14. The second-order valence-electron chi connectivity index (χ2n) is 10.2. The number of aliphatic hydroxyl groups excluding tert-OH is 1. The summed E-state index contributed by atoms with van der Waals surface area (Å²) in [6, 6.07) is 6.10. The van der Waals surface area contributed by atoms with Crippen LogP contribution in [0.2, 0.25) is 0 Å². The van der Waals surface area contributed by atoms with Crippen molar-refractivity contribution in [3.05, 3.63) is 35.9 Å². The molecule has 10 nitrogen and oxygen atoms in total. The molecule has 0 aliphatic rings. The van der Waals surface area contributed by atoms with Gasteiger partial charge in [-0.1, -0.05) is 58.0 Å². The zero-order chi connectivity index (χ0) is 28.0. The van der Waals surface area contributed by atoms with Crippen LogP contribution in [0.5, 0.6) is 0 Å². The van der Waals surface area contributed by atoms with Gasteiger partial charge >= 0.3 is 12.0 Å². The number of urea groups is 1. The van der Waals surface area contributed by atoms with Crippen molar-refractivity contribution in [2.75, 3.05) is 13.7 Å². The number of methoxy groups -OCH3 is 1. The van der Waals surface area contributed by atoms with Gasteiger partial charge < -0.3 is 31.1 Å². The first-order valence-corrected chi connectivity index (χ1v) is 12.9. The normalized spacial score (nSPS) is 14.3. The first-order valence-electron chi connectivity index (χ1n) is 12.9. The van der Waals surface area contributed by atoms with E-state index in [0.717, 1.165) is 12.0 Å². The summed E-state index contributed by atoms with van der Waals surface area (Å²) in [5.41, 5.74) is 0.844. The van der Waals surface area contributed by atoms with Gasteiger partial charge in [0.25, 0.3) is 0 Å². The standard InChI is InChI=1S/C27H44N4O6/c1-17(2)12-13-28-25(34)19(5)29-24(33)16-23(32)21(14-18(3)4)30-27(36)31-22(26(35)37-6)15-20-10-8-7-9-11-20/h7-11,17-19,21-23,32H,12-16H2,1-6H3,(H,28,34)(H,29,33)(H2,30,31,36)/t19-,21-,22-,23-/m0/s1. The number of esters is 1. The third-order valence-electron chi connectivity index (χ3n) is 5.77. The predicted molar refractivity (Wildman–Crippen MR) is 142 cm³/mol. The quantitative estimate of drug-likeness (QED) is 0.223. The molecule has 0 bridgehead atoms. The molecule has 37 heavy (non-hydrogen) atoms. The molecule has 0 aliphatic heterocycles. The van der Waals surface area contributed by atoms with Gasteiger partial charge in [-0.3, -0.25) is 9.59 Å². The molecule has 1 rings (SSSR count). The van der Waals surface area contributed by atoms with Crippen molar-refractivity contribution < 1.29 is 29.0 Å². The third kappa shape index (κ3) is 13.1. The van der Waals surface area contributed by atoms with E-state index in [9.17, 15) is 24.3 Å². The Morgan fingerprint density at radius 1 is 0.919 bits per heavy atom. The van der Waals surface area contributed by atoms with Gasteiger partial charge in [-0.25, -0.2) is 9.59 Å². The molecule has 0 fully saturated rings. The summed E-state index contributed by atoms with van der Waals surface area (Å²) in [5.74, 6) is -0.850. The van der Waals surface area contributed by atoms with E-state index >= 15 is 0 Å². The molecule has 0 aromatic heterocycles. The minimum atomic E-state index is -1.20. The van der Waals surface area contributed by atoms with Crippen LogP contribution in [-0.4, -0.2) is 66.8 Å². The highest BCUT2D eigenvalue weighted by molar-refractivity contribution is 5.87. The minimum absolute atomic E-state index is 0.106. The number of ether oxygens (including phenoxy) is 1. The van der Waals surface area contributed by atoms with Gasteiger partial charge in [0.15, 0.2) is 0 Å². The van der Waals surface area contributed by atoms with Crippen LogP contribution in [0, 0.1) is 11.8 Å². The Labute approximate surface area is 220 Å². The average Bonchev–Trinajstić information content (AvgIpc) is 2.82. The number of hydrogen-bond acceptors (Lipinski definition) is 6. The van der Waals surface area contributed by atoms with Gasteiger partial charge in [0.2, 0.25) is 11.8 Å². The zero-order valence-corrected chi connectivity index (χ0v) is 22.9. The summed E-state index contributed by atoms with van der Waals surface area (Å²) in [6.45, 7) is 10.1. The Kier molecular flexibility index (Phi) is 14.3. The van der Waals surface area contributed by atoms with Crippen LogP contribution < -0.4 is 21.3 Å². The fourth-order valence-electron chi connectivity index (χ4n) is 3.71. The topological polar surface area (TPSA) is 146 Å². The molecule has 4 amide bonds. The smallest absolute Gasteiger partial charge is 0.328 e. The van der Waals surface area contributed by atoms with E-state index in [2.05, 4.69) is 35.1 Å². The number of carbonyl (C=O) groups is 4. The fourth-order valence-corrected chi connectivity index (χ4v) is 3.71. The van der Waals surface area contributed by atoms with Crippen molar-refractivity contribution in [2.24, 2.45) is 11.8 Å². The van der Waals surface area contributed by atoms with E-state index in [4.69, 9.17) is 4.74 Å². The molecule has 0 aliphatic carbocycles.